The molecule has 3 rings (SSSR count). The third-order valence-electron chi connectivity index (χ3n) is 4.45. The molecule has 0 aliphatic heterocycles. The molecule has 1 aromatic heterocycles. The normalized spacial score (nSPS) is 11.9. The molecule has 0 bridgehead atoms. The van der Waals surface area contributed by atoms with Gasteiger partial charge < -0.3 is 14.8 Å². The van der Waals surface area contributed by atoms with Gasteiger partial charge in [0.1, 0.15) is 5.75 Å². The highest BCUT2D eigenvalue weighted by Crippen LogP contribution is 2.35. The van der Waals surface area contributed by atoms with E-state index in [9.17, 15) is 28.2 Å². The number of aliphatic carboxylic acids is 1. The molecule has 0 unspecified atom stereocenters. The van der Waals surface area contributed by atoms with Crippen molar-refractivity contribution in [1.29, 1.82) is 0 Å². The van der Waals surface area contributed by atoms with Crippen LogP contribution in [0.1, 0.15) is 22.4 Å². The maximum absolute atomic E-state index is 13.0. The molecule has 4 nitrogen and oxygen atoms in total. The van der Waals surface area contributed by atoms with Gasteiger partial charge in [0.05, 0.1) is 22.5 Å². The molecular formula is C19H15ClF3NO3. The van der Waals surface area contributed by atoms with Gasteiger partial charge in [0.25, 0.3) is 0 Å². The van der Waals surface area contributed by atoms with Crippen molar-refractivity contribution >= 4 is 28.5 Å². The Hall–Kier alpha value is -2.67. The molecule has 0 amide bonds. The van der Waals surface area contributed by atoms with E-state index in [4.69, 9.17) is 11.6 Å². The lowest BCUT2D eigenvalue weighted by Gasteiger charge is -2.12. The van der Waals surface area contributed by atoms with E-state index in [2.05, 4.69) is 0 Å². The number of fused-ring (bicyclic) bond motifs is 1. The summed E-state index contributed by atoms with van der Waals surface area (Å²) in [5, 5.41) is 19.6. The van der Waals surface area contributed by atoms with E-state index in [-0.39, 0.29) is 23.7 Å². The van der Waals surface area contributed by atoms with E-state index in [1.807, 2.05) is 0 Å². The van der Waals surface area contributed by atoms with Crippen LogP contribution in [-0.2, 0) is 23.9 Å². The summed E-state index contributed by atoms with van der Waals surface area (Å²) in [5.74, 6) is -1.24. The number of phenols is 1. The molecule has 142 valence electrons. The van der Waals surface area contributed by atoms with Gasteiger partial charge in [-0.05, 0) is 42.3 Å². The number of carbonyl (C=O) groups is 1. The monoisotopic (exact) mass is 397 g/mol. The van der Waals surface area contributed by atoms with Crippen LogP contribution in [-0.4, -0.2) is 20.7 Å². The number of halogens is 4. The second-order valence-corrected chi connectivity index (χ2v) is 6.65. The number of nitrogens with zero attached hydrogens (tertiary/aromatic N) is 1. The average molecular weight is 398 g/mol. The summed E-state index contributed by atoms with van der Waals surface area (Å²) >= 11 is 5.99. The van der Waals surface area contributed by atoms with Gasteiger partial charge in [-0.3, -0.25) is 4.79 Å². The number of aromatic nitrogens is 1. The molecular weight excluding hydrogens is 383 g/mol. The quantitative estimate of drug-likeness (QED) is 0.651. The summed E-state index contributed by atoms with van der Waals surface area (Å²) in [6, 6.07) is 7.82. The summed E-state index contributed by atoms with van der Waals surface area (Å²) in [6.07, 6.45) is -4.73. The van der Waals surface area contributed by atoms with E-state index in [1.54, 1.807) is 17.6 Å². The second kappa shape index (κ2) is 6.81. The first-order valence-corrected chi connectivity index (χ1v) is 8.34. The number of alkyl halides is 3. The smallest absolute Gasteiger partial charge is 0.416 e. The van der Waals surface area contributed by atoms with Crippen molar-refractivity contribution in [2.24, 2.45) is 0 Å². The number of aromatic hydroxyl groups is 1. The van der Waals surface area contributed by atoms with Gasteiger partial charge in [0.2, 0.25) is 0 Å². The van der Waals surface area contributed by atoms with Crippen LogP contribution in [0.15, 0.2) is 36.4 Å². The van der Waals surface area contributed by atoms with Crippen LogP contribution in [0.25, 0.3) is 10.9 Å². The van der Waals surface area contributed by atoms with Crippen LogP contribution in [0, 0.1) is 6.92 Å². The fourth-order valence-electron chi connectivity index (χ4n) is 3.16. The SMILES string of the molecule is Cc1c(CC(=O)O)c2cc(O)c(Cl)cc2n1Cc1cccc(C(F)(F)F)c1. The lowest BCUT2D eigenvalue weighted by molar-refractivity contribution is -0.138. The van der Waals surface area contributed by atoms with Gasteiger partial charge in [-0.2, -0.15) is 13.2 Å². The Bertz CT molecular complexity index is 1040. The van der Waals surface area contributed by atoms with Crippen LogP contribution in [0.4, 0.5) is 13.2 Å². The fourth-order valence-corrected chi connectivity index (χ4v) is 3.32. The highest BCUT2D eigenvalue weighted by Gasteiger charge is 2.30. The predicted octanol–water partition coefficient (Wildman–Crippen LogP) is 5.00. The highest BCUT2D eigenvalue weighted by molar-refractivity contribution is 6.32. The molecule has 0 aliphatic carbocycles. The van der Waals surface area contributed by atoms with Crippen molar-refractivity contribution in [2.45, 2.75) is 26.1 Å². The molecule has 0 atom stereocenters. The first kappa shape index (κ1) is 19.1. The summed E-state index contributed by atoms with van der Waals surface area (Å²) in [6.45, 7) is 1.80. The van der Waals surface area contributed by atoms with Crippen molar-refractivity contribution < 1.29 is 28.2 Å². The Labute approximate surface area is 157 Å². The average Bonchev–Trinajstić information content (AvgIpc) is 2.80. The van der Waals surface area contributed by atoms with Crippen LogP contribution in [0.3, 0.4) is 0 Å². The third-order valence-corrected chi connectivity index (χ3v) is 4.75. The molecule has 3 aromatic rings. The zero-order valence-electron chi connectivity index (χ0n) is 14.1. The topological polar surface area (TPSA) is 62.5 Å². The van der Waals surface area contributed by atoms with Gasteiger partial charge in [0, 0.05) is 17.6 Å². The Morgan fingerprint density at radius 1 is 1.22 bits per heavy atom. The molecule has 8 heteroatoms. The minimum Gasteiger partial charge on any atom is -0.506 e. The van der Waals surface area contributed by atoms with Crippen LogP contribution in [0.2, 0.25) is 5.02 Å². The van der Waals surface area contributed by atoms with Crippen LogP contribution < -0.4 is 0 Å². The van der Waals surface area contributed by atoms with Crippen molar-refractivity contribution in [1.82, 2.24) is 4.57 Å². The highest BCUT2D eigenvalue weighted by atomic mass is 35.5. The molecule has 0 radical (unpaired) electrons. The van der Waals surface area contributed by atoms with Gasteiger partial charge in [-0.1, -0.05) is 23.7 Å². The third kappa shape index (κ3) is 3.73. The molecule has 27 heavy (non-hydrogen) atoms. The molecule has 0 fully saturated rings. The lowest BCUT2D eigenvalue weighted by Crippen LogP contribution is -2.08. The van der Waals surface area contributed by atoms with Gasteiger partial charge in [-0.25, -0.2) is 0 Å². The molecule has 0 aliphatic rings. The van der Waals surface area contributed by atoms with Crippen molar-refractivity contribution in [3.8, 4) is 5.75 Å². The van der Waals surface area contributed by atoms with Crippen molar-refractivity contribution in [2.75, 3.05) is 0 Å². The summed E-state index contributed by atoms with van der Waals surface area (Å²) in [7, 11) is 0. The summed E-state index contributed by atoms with van der Waals surface area (Å²) in [5.41, 5.74) is 1.28. The zero-order valence-corrected chi connectivity index (χ0v) is 14.9. The zero-order chi connectivity index (χ0) is 19.9. The van der Waals surface area contributed by atoms with E-state index in [1.165, 1.54) is 18.2 Å². The number of rotatable bonds is 4. The standard InChI is InChI=1S/C19H15ClF3NO3/c1-10-13(7-18(26)27)14-6-17(25)15(20)8-16(14)24(10)9-11-3-2-4-12(5-11)19(21,22)23/h2-6,8,25H,7,9H2,1H3,(H,26,27). The van der Waals surface area contributed by atoms with Crippen LogP contribution in [0.5, 0.6) is 5.75 Å². The minimum atomic E-state index is -4.45. The fraction of sp³-hybridized carbons (Fsp3) is 0.211. The van der Waals surface area contributed by atoms with Crippen molar-refractivity contribution in [3.05, 3.63) is 63.8 Å². The maximum Gasteiger partial charge on any atom is 0.416 e. The number of hydrogen-bond acceptors (Lipinski definition) is 2. The molecule has 0 saturated heterocycles. The van der Waals surface area contributed by atoms with Gasteiger partial charge in [0.15, 0.2) is 0 Å². The first-order chi connectivity index (χ1) is 12.6. The number of carboxylic acid groups (broad SMARTS) is 1. The Morgan fingerprint density at radius 3 is 2.56 bits per heavy atom. The number of carboxylic acids is 1. The van der Waals surface area contributed by atoms with Crippen molar-refractivity contribution in [3.63, 3.8) is 0 Å². The lowest BCUT2D eigenvalue weighted by atomic mass is 10.1. The summed E-state index contributed by atoms with van der Waals surface area (Å²) in [4.78, 5) is 11.2. The van der Waals surface area contributed by atoms with Crippen LogP contribution >= 0.6 is 11.6 Å². The first-order valence-electron chi connectivity index (χ1n) is 7.96. The molecule has 2 N–H and O–H groups in total. The Balaban J connectivity index is 2.16. The number of hydrogen-bond donors (Lipinski definition) is 2. The number of phenolic OH excluding ortho intramolecular Hbond substituents is 1. The minimum absolute atomic E-state index is 0.0761. The molecule has 1 heterocycles. The van der Waals surface area contributed by atoms with Gasteiger partial charge in [-0.15, -0.1) is 0 Å². The van der Waals surface area contributed by atoms with E-state index in [0.29, 0.717) is 27.7 Å². The molecule has 2 aromatic carbocycles. The Kier molecular flexibility index (Phi) is 4.82. The maximum atomic E-state index is 13.0. The molecule has 0 spiro atoms. The summed E-state index contributed by atoms with van der Waals surface area (Å²) < 4.78 is 40.6. The molecule has 0 saturated carbocycles. The number of benzene rings is 2. The largest absolute Gasteiger partial charge is 0.506 e. The second-order valence-electron chi connectivity index (χ2n) is 6.24. The Morgan fingerprint density at radius 2 is 1.93 bits per heavy atom. The van der Waals surface area contributed by atoms with E-state index < -0.39 is 17.7 Å². The van der Waals surface area contributed by atoms with Gasteiger partial charge >= 0.3 is 12.1 Å². The van der Waals surface area contributed by atoms with E-state index in [0.717, 1.165) is 12.1 Å². The van der Waals surface area contributed by atoms with E-state index >= 15 is 0 Å². The predicted molar refractivity (Wildman–Crippen MR) is 95.2 cm³/mol.